The van der Waals surface area contributed by atoms with Crippen LogP contribution in [0.3, 0.4) is 0 Å². The van der Waals surface area contributed by atoms with Crippen LogP contribution in [0.4, 0.5) is 0 Å². The van der Waals surface area contributed by atoms with Gasteiger partial charge in [-0.05, 0) is 77.0 Å². The van der Waals surface area contributed by atoms with Crippen molar-refractivity contribution in [1.29, 1.82) is 0 Å². The molecule has 1 saturated carbocycles. The number of hydrogen-bond acceptors (Lipinski definition) is 12. The molecule has 6 unspecified atom stereocenters. The predicted octanol–water partition coefficient (Wildman–Crippen LogP) is 10.1. The van der Waals surface area contributed by atoms with E-state index in [2.05, 4.69) is 80.7 Å². The molecule has 8 atom stereocenters. The summed E-state index contributed by atoms with van der Waals surface area (Å²) in [4.78, 5) is 35.7. The van der Waals surface area contributed by atoms with E-state index in [1.165, 1.54) is 57.8 Å². The smallest absolute Gasteiger partial charge is 0.462 e. The third kappa shape index (κ3) is 32.4. The van der Waals surface area contributed by atoms with Crippen LogP contribution < -0.4 is 0 Å². The maximum atomic E-state index is 12.8. The molecular weight excluding hydrogens is 852 g/mol. The summed E-state index contributed by atoms with van der Waals surface area (Å²) in [7, 11) is -5.15. The second-order valence-corrected chi connectivity index (χ2v) is 18.0. The third-order valence-corrected chi connectivity index (χ3v) is 11.7. The minimum atomic E-state index is -5.15. The van der Waals surface area contributed by atoms with Gasteiger partial charge in [0, 0.05) is 12.8 Å². The first-order chi connectivity index (χ1) is 31.4. The van der Waals surface area contributed by atoms with Gasteiger partial charge in [-0.25, -0.2) is 4.57 Å². The Kier molecular flexibility index (Phi) is 37.1. The topological polar surface area (TPSA) is 210 Å². The number of aliphatic hydroxyl groups excluding tert-OH is 5. The molecule has 0 heterocycles. The van der Waals surface area contributed by atoms with Crippen LogP contribution >= 0.6 is 7.82 Å². The fourth-order valence-corrected chi connectivity index (χ4v) is 7.81. The van der Waals surface area contributed by atoms with Crippen molar-refractivity contribution in [3.63, 3.8) is 0 Å². The van der Waals surface area contributed by atoms with E-state index in [1.54, 1.807) is 0 Å². The molecule has 1 aliphatic carbocycles. The Bertz CT molecular complexity index is 1460. The lowest BCUT2D eigenvalue weighted by Crippen LogP contribution is -2.64. The van der Waals surface area contributed by atoms with Crippen LogP contribution in [0.1, 0.15) is 168 Å². The van der Waals surface area contributed by atoms with Crippen molar-refractivity contribution in [2.75, 3.05) is 13.2 Å². The lowest BCUT2D eigenvalue weighted by molar-refractivity contribution is -0.220. The molecule has 65 heavy (non-hydrogen) atoms. The van der Waals surface area contributed by atoms with E-state index in [9.17, 15) is 44.6 Å². The molecule has 0 bridgehead atoms. The van der Waals surface area contributed by atoms with Crippen LogP contribution in [-0.4, -0.2) is 98.3 Å². The second kappa shape index (κ2) is 40.1. The monoisotopic (exact) mass is 937 g/mol. The van der Waals surface area contributed by atoms with Crippen LogP contribution in [0.2, 0.25) is 0 Å². The van der Waals surface area contributed by atoms with E-state index in [1.807, 2.05) is 18.2 Å². The standard InChI is InChI=1S/C51H85O13P/c1-3-5-7-9-11-13-15-17-19-21-22-24-26-28-30-32-34-36-38-40-45(53)63-43(42-62-65(59,60)64-51-49(57)47(55)46(54)48(56)50(51)58)41-61-44(52)39-37-35-33-31-29-27-25-23-20-18-16-14-12-10-8-6-4-2/h5,7,11,13-14,16-17,19,22,24,28,30,34,36,43,46-51,54-58H,3-4,6,8-10,12,15,18,20-21,23,25-27,29,31-33,35,37-42H2,1-2H3,(H,59,60)/b7-5+,13-11+,16-14+,19-17+,24-22+,30-28+,36-34+/t43-,46?,47-,48?,49?,50?,51?/m1/s1. The maximum Gasteiger partial charge on any atom is 0.472 e. The first-order valence-corrected chi connectivity index (χ1v) is 25.9. The Morgan fingerprint density at radius 3 is 1.40 bits per heavy atom. The molecule has 1 fully saturated rings. The number of carbonyl (C=O) groups is 2. The summed E-state index contributed by atoms with van der Waals surface area (Å²) in [5.41, 5.74) is 0. The summed E-state index contributed by atoms with van der Waals surface area (Å²) in [5, 5.41) is 50.2. The molecule has 1 aliphatic rings. The summed E-state index contributed by atoms with van der Waals surface area (Å²) in [6, 6.07) is 0. The van der Waals surface area contributed by atoms with Crippen molar-refractivity contribution in [3.8, 4) is 0 Å². The van der Waals surface area contributed by atoms with Crippen molar-refractivity contribution in [2.45, 2.75) is 211 Å². The van der Waals surface area contributed by atoms with E-state index in [4.69, 9.17) is 18.5 Å². The number of esters is 2. The molecule has 0 amide bonds. The van der Waals surface area contributed by atoms with Crippen molar-refractivity contribution >= 4 is 19.8 Å². The molecule has 6 N–H and O–H groups in total. The zero-order chi connectivity index (χ0) is 47.8. The number of allylic oxidation sites excluding steroid dienone is 14. The number of rotatable bonds is 39. The Labute approximate surface area is 390 Å². The summed E-state index contributed by atoms with van der Waals surface area (Å²) < 4.78 is 33.5. The molecule has 372 valence electrons. The summed E-state index contributed by atoms with van der Waals surface area (Å²) >= 11 is 0. The number of unbranched alkanes of at least 4 members (excludes halogenated alkanes) is 13. The molecule has 14 heteroatoms. The van der Waals surface area contributed by atoms with Crippen molar-refractivity contribution < 1.29 is 63.1 Å². The second-order valence-electron chi connectivity index (χ2n) is 16.6. The van der Waals surface area contributed by atoms with E-state index in [0.29, 0.717) is 19.3 Å². The van der Waals surface area contributed by atoms with Gasteiger partial charge in [0.05, 0.1) is 6.61 Å². The highest BCUT2D eigenvalue weighted by Gasteiger charge is 2.51. The number of hydrogen-bond donors (Lipinski definition) is 6. The fraction of sp³-hybridized carbons (Fsp3) is 0.686. The number of phosphoric acid groups is 1. The summed E-state index contributed by atoms with van der Waals surface area (Å²) in [6.07, 6.45) is 39.3. The van der Waals surface area contributed by atoms with Gasteiger partial charge in [-0.1, -0.05) is 163 Å². The minimum absolute atomic E-state index is 0.0327. The summed E-state index contributed by atoms with van der Waals surface area (Å²) in [5.74, 6) is -1.20. The predicted molar refractivity (Wildman–Crippen MR) is 258 cm³/mol. The van der Waals surface area contributed by atoms with Crippen LogP contribution in [0.15, 0.2) is 85.1 Å². The number of carbonyl (C=O) groups excluding carboxylic acids is 2. The molecular formula is C51H85O13P. The Hall–Kier alpha value is -2.97. The van der Waals surface area contributed by atoms with Gasteiger partial charge in [0.2, 0.25) is 0 Å². The average Bonchev–Trinajstić information content (AvgIpc) is 3.29. The summed E-state index contributed by atoms with van der Waals surface area (Å²) in [6.45, 7) is 3.11. The molecule has 0 aliphatic heterocycles. The van der Waals surface area contributed by atoms with Gasteiger partial charge < -0.3 is 39.9 Å². The van der Waals surface area contributed by atoms with Crippen molar-refractivity contribution in [1.82, 2.24) is 0 Å². The molecule has 0 saturated heterocycles. The molecule has 0 radical (unpaired) electrons. The van der Waals surface area contributed by atoms with E-state index >= 15 is 0 Å². The van der Waals surface area contributed by atoms with Gasteiger partial charge in [-0.15, -0.1) is 0 Å². The van der Waals surface area contributed by atoms with Gasteiger partial charge in [-0.3, -0.25) is 18.6 Å². The highest BCUT2D eigenvalue weighted by Crippen LogP contribution is 2.47. The molecule has 1 rings (SSSR count). The van der Waals surface area contributed by atoms with E-state index < -0.39 is 75.7 Å². The Morgan fingerprint density at radius 1 is 0.492 bits per heavy atom. The van der Waals surface area contributed by atoms with Crippen molar-refractivity contribution in [2.24, 2.45) is 0 Å². The van der Waals surface area contributed by atoms with Crippen LogP contribution in [0.5, 0.6) is 0 Å². The third-order valence-electron chi connectivity index (χ3n) is 10.7. The van der Waals surface area contributed by atoms with Gasteiger partial charge in [-0.2, -0.15) is 0 Å². The van der Waals surface area contributed by atoms with E-state index in [-0.39, 0.29) is 12.8 Å². The van der Waals surface area contributed by atoms with Crippen molar-refractivity contribution in [3.05, 3.63) is 85.1 Å². The van der Waals surface area contributed by atoms with E-state index in [0.717, 1.165) is 64.2 Å². The lowest BCUT2D eigenvalue weighted by atomic mass is 9.85. The SMILES string of the molecule is CC/C=C/C/C=C/C/C=C/C/C=C/C/C=C/C/C=C/CCC(=O)O[C@H](COC(=O)CCCCCCCCCCC/C=C/CCCCCC)COP(=O)(O)OC1C(O)C(O)C(O)[C@@H](O)C1O. The zero-order valence-electron chi connectivity index (χ0n) is 39.5. The highest BCUT2D eigenvalue weighted by atomic mass is 31.2. The first kappa shape index (κ1) is 60.0. The normalized spacial score (nSPS) is 22.2. The van der Waals surface area contributed by atoms with Gasteiger partial charge in [0.1, 0.15) is 43.2 Å². The molecule has 0 aromatic heterocycles. The molecule has 0 spiro atoms. The number of phosphoric ester groups is 1. The maximum absolute atomic E-state index is 12.8. The van der Waals surface area contributed by atoms with Gasteiger partial charge in [0.15, 0.2) is 6.10 Å². The minimum Gasteiger partial charge on any atom is -0.462 e. The number of ether oxygens (including phenoxy) is 2. The molecule has 13 nitrogen and oxygen atoms in total. The zero-order valence-corrected chi connectivity index (χ0v) is 40.4. The Balaban J connectivity index is 2.49. The highest BCUT2D eigenvalue weighted by molar-refractivity contribution is 7.47. The number of aliphatic hydroxyl groups is 5. The fourth-order valence-electron chi connectivity index (χ4n) is 6.84. The lowest BCUT2D eigenvalue weighted by Gasteiger charge is -2.41. The largest absolute Gasteiger partial charge is 0.472 e. The first-order valence-electron chi connectivity index (χ1n) is 24.4. The quantitative estimate of drug-likeness (QED) is 0.0147. The van der Waals surface area contributed by atoms with Crippen LogP contribution in [-0.2, 0) is 32.7 Å². The van der Waals surface area contributed by atoms with Crippen LogP contribution in [0, 0.1) is 0 Å². The molecule has 0 aromatic rings. The van der Waals surface area contributed by atoms with Gasteiger partial charge >= 0.3 is 19.8 Å². The molecule has 0 aromatic carbocycles. The van der Waals surface area contributed by atoms with Gasteiger partial charge in [0.25, 0.3) is 0 Å². The Morgan fingerprint density at radius 2 is 0.908 bits per heavy atom. The average molecular weight is 937 g/mol. The van der Waals surface area contributed by atoms with Crippen LogP contribution in [0.25, 0.3) is 0 Å².